The highest BCUT2D eigenvalue weighted by molar-refractivity contribution is 7.99. The molecule has 29 heavy (non-hydrogen) atoms. The molecule has 7 heteroatoms. The number of aromatic nitrogens is 2. The van der Waals surface area contributed by atoms with Crippen LogP contribution in [0, 0.1) is 0 Å². The number of benzene rings is 1. The van der Waals surface area contributed by atoms with Crippen molar-refractivity contribution >= 4 is 17.7 Å². The monoisotopic (exact) mass is 417 g/mol. The molecule has 1 N–H and O–H groups in total. The zero-order valence-electron chi connectivity index (χ0n) is 17.6. The van der Waals surface area contributed by atoms with E-state index in [1.54, 1.807) is 30.5 Å². The third-order valence-corrected chi connectivity index (χ3v) is 5.65. The second-order valence-electron chi connectivity index (χ2n) is 6.93. The maximum absolute atomic E-state index is 13.0. The number of thioether (sulfide) groups is 1. The summed E-state index contributed by atoms with van der Waals surface area (Å²) in [6.07, 6.45) is 3.75. The molecule has 1 aromatic carbocycles. The number of amides is 1. The number of carbonyl (C=O) groups is 1. The molecule has 0 spiro atoms. The predicted octanol–water partition coefficient (Wildman–Crippen LogP) is 3.31. The van der Waals surface area contributed by atoms with Crippen LogP contribution in [0.5, 0.6) is 0 Å². The highest BCUT2D eigenvalue weighted by Crippen LogP contribution is 2.19. The lowest BCUT2D eigenvalue weighted by Crippen LogP contribution is -2.27. The summed E-state index contributed by atoms with van der Waals surface area (Å²) in [6.45, 7) is 3.08. The van der Waals surface area contributed by atoms with E-state index in [1.807, 2.05) is 37.3 Å². The quantitative estimate of drug-likeness (QED) is 0.326. The van der Waals surface area contributed by atoms with Gasteiger partial charge in [0.05, 0.1) is 12.3 Å². The van der Waals surface area contributed by atoms with Gasteiger partial charge in [-0.2, -0.15) is 0 Å². The standard InChI is InChI=1S/C22H31N3O3S/c1-4-13-23-20(26)12-8-9-14-29-22-24-19(16-28-3)18(21(27)25(22)2)15-17-10-6-5-7-11-17/h5-7,10-11H,4,8-9,12-16H2,1-3H3,(H,23,26). The van der Waals surface area contributed by atoms with Crippen LogP contribution in [-0.2, 0) is 29.6 Å². The lowest BCUT2D eigenvalue weighted by molar-refractivity contribution is -0.121. The molecule has 0 bridgehead atoms. The van der Waals surface area contributed by atoms with Crippen LogP contribution in [0.15, 0.2) is 40.3 Å². The summed E-state index contributed by atoms with van der Waals surface area (Å²) in [5, 5.41) is 3.58. The number of ether oxygens (including phenoxy) is 1. The molecular formula is C22H31N3O3S. The molecule has 0 radical (unpaired) electrons. The molecule has 0 fully saturated rings. The molecule has 1 heterocycles. The minimum atomic E-state index is -0.0302. The molecule has 1 amide bonds. The molecule has 1 aromatic heterocycles. The highest BCUT2D eigenvalue weighted by atomic mass is 32.2. The average molecular weight is 418 g/mol. The molecule has 0 saturated heterocycles. The Bertz CT molecular complexity index is 837. The Balaban J connectivity index is 2.02. The van der Waals surface area contributed by atoms with Crippen LogP contribution in [-0.4, -0.2) is 34.9 Å². The number of unbranched alkanes of at least 4 members (excludes halogenated alkanes) is 1. The first-order chi connectivity index (χ1) is 14.1. The number of nitrogens with one attached hydrogen (secondary N) is 1. The number of nitrogens with zero attached hydrogens (tertiary/aromatic N) is 2. The van der Waals surface area contributed by atoms with Gasteiger partial charge in [0.2, 0.25) is 5.91 Å². The first-order valence-electron chi connectivity index (χ1n) is 10.1. The van der Waals surface area contributed by atoms with Crippen LogP contribution in [0.4, 0.5) is 0 Å². The molecule has 0 aliphatic carbocycles. The second-order valence-corrected chi connectivity index (χ2v) is 8.00. The van der Waals surface area contributed by atoms with E-state index in [2.05, 4.69) is 5.32 Å². The lowest BCUT2D eigenvalue weighted by Gasteiger charge is -2.14. The van der Waals surface area contributed by atoms with Gasteiger partial charge in [0.1, 0.15) is 0 Å². The van der Waals surface area contributed by atoms with Crippen molar-refractivity contribution in [3.8, 4) is 0 Å². The maximum atomic E-state index is 13.0. The Morgan fingerprint density at radius 3 is 2.69 bits per heavy atom. The first-order valence-corrected chi connectivity index (χ1v) is 11.1. The summed E-state index contributed by atoms with van der Waals surface area (Å²) >= 11 is 1.55. The normalized spacial score (nSPS) is 10.9. The van der Waals surface area contributed by atoms with Crippen LogP contribution >= 0.6 is 11.8 Å². The van der Waals surface area contributed by atoms with Crippen LogP contribution in [0.25, 0.3) is 0 Å². The Morgan fingerprint density at radius 2 is 2.00 bits per heavy atom. The second kappa shape index (κ2) is 12.4. The van der Waals surface area contributed by atoms with Gasteiger partial charge < -0.3 is 10.1 Å². The number of rotatable bonds is 12. The van der Waals surface area contributed by atoms with Crippen molar-refractivity contribution in [2.75, 3.05) is 19.4 Å². The largest absolute Gasteiger partial charge is 0.378 e. The van der Waals surface area contributed by atoms with Crippen molar-refractivity contribution < 1.29 is 9.53 Å². The van der Waals surface area contributed by atoms with Crippen LogP contribution in [0.1, 0.15) is 49.4 Å². The van der Waals surface area contributed by atoms with Gasteiger partial charge in [-0.3, -0.25) is 14.2 Å². The smallest absolute Gasteiger partial charge is 0.257 e. The molecule has 0 aliphatic heterocycles. The topological polar surface area (TPSA) is 73.2 Å². The highest BCUT2D eigenvalue weighted by Gasteiger charge is 2.15. The number of methoxy groups -OCH3 is 1. The third-order valence-electron chi connectivity index (χ3n) is 4.53. The van der Waals surface area contributed by atoms with Gasteiger partial charge in [-0.25, -0.2) is 4.98 Å². The zero-order chi connectivity index (χ0) is 21.1. The van der Waals surface area contributed by atoms with E-state index in [9.17, 15) is 9.59 Å². The van der Waals surface area contributed by atoms with Crippen molar-refractivity contribution in [2.45, 2.75) is 50.8 Å². The first kappa shape index (κ1) is 23.2. The summed E-state index contributed by atoms with van der Waals surface area (Å²) in [5.41, 5.74) is 2.42. The maximum Gasteiger partial charge on any atom is 0.257 e. The molecule has 6 nitrogen and oxygen atoms in total. The molecule has 2 rings (SSSR count). The van der Waals surface area contributed by atoms with Gasteiger partial charge in [0, 0.05) is 44.9 Å². The Labute approximate surface area is 177 Å². The Morgan fingerprint density at radius 1 is 1.24 bits per heavy atom. The summed E-state index contributed by atoms with van der Waals surface area (Å²) in [5.74, 6) is 0.918. The molecule has 0 unspecified atom stereocenters. The summed E-state index contributed by atoms with van der Waals surface area (Å²) in [7, 11) is 3.38. The van der Waals surface area contributed by atoms with E-state index < -0.39 is 0 Å². The SMILES string of the molecule is CCCNC(=O)CCCCSc1nc(COC)c(Cc2ccccc2)c(=O)n1C. The molecule has 158 valence electrons. The fourth-order valence-corrected chi connectivity index (χ4v) is 3.92. The predicted molar refractivity (Wildman–Crippen MR) is 117 cm³/mol. The molecule has 0 aliphatic rings. The van der Waals surface area contributed by atoms with Crippen molar-refractivity contribution in [1.82, 2.24) is 14.9 Å². The minimum Gasteiger partial charge on any atom is -0.378 e. The van der Waals surface area contributed by atoms with Crippen molar-refractivity contribution in [2.24, 2.45) is 7.05 Å². The van der Waals surface area contributed by atoms with Gasteiger partial charge in [-0.1, -0.05) is 49.0 Å². The van der Waals surface area contributed by atoms with E-state index in [0.717, 1.165) is 37.1 Å². The van der Waals surface area contributed by atoms with Crippen LogP contribution < -0.4 is 10.9 Å². The van der Waals surface area contributed by atoms with Crippen LogP contribution in [0.2, 0.25) is 0 Å². The van der Waals surface area contributed by atoms with Gasteiger partial charge in [-0.15, -0.1) is 0 Å². The third kappa shape index (κ3) is 7.33. The van der Waals surface area contributed by atoms with Gasteiger partial charge in [-0.05, 0) is 24.8 Å². The summed E-state index contributed by atoms with van der Waals surface area (Å²) in [4.78, 5) is 29.3. The van der Waals surface area contributed by atoms with Gasteiger partial charge >= 0.3 is 0 Å². The fourth-order valence-electron chi connectivity index (χ4n) is 2.94. The lowest BCUT2D eigenvalue weighted by atomic mass is 10.0. The minimum absolute atomic E-state index is 0.0302. The zero-order valence-corrected chi connectivity index (χ0v) is 18.4. The van der Waals surface area contributed by atoms with E-state index in [0.29, 0.717) is 35.9 Å². The van der Waals surface area contributed by atoms with Crippen molar-refractivity contribution in [1.29, 1.82) is 0 Å². The summed E-state index contributed by atoms with van der Waals surface area (Å²) in [6, 6.07) is 9.92. The number of hydrogen-bond acceptors (Lipinski definition) is 5. The molecule has 0 saturated carbocycles. The number of hydrogen-bond donors (Lipinski definition) is 1. The average Bonchev–Trinajstić information content (AvgIpc) is 2.73. The van der Waals surface area contributed by atoms with E-state index in [4.69, 9.17) is 9.72 Å². The Hall–Kier alpha value is -2.12. The van der Waals surface area contributed by atoms with Gasteiger partial charge in [0.25, 0.3) is 5.56 Å². The fraction of sp³-hybridized carbons (Fsp3) is 0.500. The van der Waals surface area contributed by atoms with E-state index >= 15 is 0 Å². The Kier molecular flexibility index (Phi) is 9.94. The number of carbonyl (C=O) groups excluding carboxylic acids is 1. The van der Waals surface area contributed by atoms with Crippen molar-refractivity contribution in [3.05, 3.63) is 57.5 Å². The van der Waals surface area contributed by atoms with Crippen molar-refractivity contribution in [3.63, 3.8) is 0 Å². The van der Waals surface area contributed by atoms with Gasteiger partial charge in [0.15, 0.2) is 5.16 Å². The molecular weight excluding hydrogens is 386 g/mol. The van der Waals surface area contributed by atoms with E-state index in [1.165, 1.54) is 0 Å². The van der Waals surface area contributed by atoms with Crippen LogP contribution in [0.3, 0.4) is 0 Å². The molecule has 2 aromatic rings. The van der Waals surface area contributed by atoms with E-state index in [-0.39, 0.29) is 11.5 Å². The molecule has 0 atom stereocenters. The summed E-state index contributed by atoms with van der Waals surface area (Å²) < 4.78 is 6.91.